The van der Waals surface area contributed by atoms with E-state index < -0.39 is 0 Å². The zero-order valence-electron chi connectivity index (χ0n) is 15.3. The van der Waals surface area contributed by atoms with E-state index in [1.807, 2.05) is 24.3 Å². The molecule has 0 aliphatic rings. The van der Waals surface area contributed by atoms with E-state index in [0.717, 1.165) is 6.42 Å². The van der Waals surface area contributed by atoms with Crippen LogP contribution in [0.1, 0.15) is 29.5 Å². The normalized spacial score (nSPS) is 11.7. The fourth-order valence-corrected chi connectivity index (χ4v) is 3.81. The molecule has 1 unspecified atom stereocenters. The van der Waals surface area contributed by atoms with Crippen LogP contribution < -0.4 is 0 Å². The summed E-state index contributed by atoms with van der Waals surface area (Å²) in [6, 6.07) is 31.8. The minimum Gasteiger partial charge on any atom is -0.244 e. The predicted octanol–water partition coefficient (Wildman–Crippen LogP) is 5.99. The van der Waals surface area contributed by atoms with Crippen molar-refractivity contribution in [2.24, 2.45) is 0 Å². The van der Waals surface area contributed by atoms with Gasteiger partial charge in [-0.2, -0.15) is 0 Å². The molecule has 0 amide bonds. The van der Waals surface area contributed by atoms with Crippen LogP contribution in [0.2, 0.25) is 0 Å². The molecule has 0 spiro atoms. The summed E-state index contributed by atoms with van der Waals surface area (Å²) < 4.78 is 0. The molecule has 0 aromatic heterocycles. The van der Waals surface area contributed by atoms with E-state index in [9.17, 15) is 4.79 Å². The second kappa shape index (κ2) is 9.26. The highest BCUT2D eigenvalue weighted by Gasteiger charge is 2.34. The standard InChI is InChI=1S/C25H23OP/c1-27-24(26)19-11-12-20-25(21-13-5-2-6-14-21,22-15-7-3-8-16-22)23-17-9-4-10-18-23/h2-18H,1,19-20H2/p+1/b12-11+. The monoisotopic (exact) mass is 371 g/mol. The zero-order chi connectivity index (χ0) is 19.0. The van der Waals surface area contributed by atoms with Crippen molar-refractivity contribution < 1.29 is 4.79 Å². The van der Waals surface area contributed by atoms with E-state index in [2.05, 4.69) is 85.2 Å². The average molecular weight is 371 g/mol. The van der Waals surface area contributed by atoms with Gasteiger partial charge < -0.3 is 0 Å². The highest BCUT2D eigenvalue weighted by molar-refractivity contribution is 7.56. The first kappa shape index (κ1) is 19.0. The molecule has 0 radical (unpaired) electrons. The maximum absolute atomic E-state index is 11.6. The van der Waals surface area contributed by atoms with Gasteiger partial charge >= 0.3 is 5.52 Å². The fraction of sp³-hybridized carbons (Fsp3) is 0.120. The van der Waals surface area contributed by atoms with Gasteiger partial charge in [-0.3, -0.25) is 0 Å². The van der Waals surface area contributed by atoms with Gasteiger partial charge in [0.1, 0.15) is 8.20 Å². The van der Waals surface area contributed by atoms with Crippen molar-refractivity contribution in [2.75, 3.05) is 0 Å². The van der Waals surface area contributed by atoms with Crippen LogP contribution in [-0.4, -0.2) is 11.8 Å². The number of carbonyl (C=O) groups is 1. The lowest BCUT2D eigenvalue weighted by atomic mass is 9.67. The molecule has 0 aliphatic heterocycles. The van der Waals surface area contributed by atoms with Crippen LogP contribution in [0.5, 0.6) is 0 Å². The summed E-state index contributed by atoms with van der Waals surface area (Å²) in [6.07, 6.45) is 9.08. The van der Waals surface area contributed by atoms with E-state index in [4.69, 9.17) is 0 Å². The van der Waals surface area contributed by atoms with Crippen molar-refractivity contribution in [1.29, 1.82) is 0 Å². The number of allylic oxidation sites excluding steroid dienone is 2. The number of carbonyl (C=O) groups excluding carboxylic acids is 1. The van der Waals surface area contributed by atoms with Crippen molar-refractivity contribution in [3.05, 3.63) is 120 Å². The largest absolute Gasteiger partial charge is 0.323 e. The van der Waals surface area contributed by atoms with Crippen molar-refractivity contribution >= 4 is 20.0 Å². The van der Waals surface area contributed by atoms with Crippen LogP contribution in [0.25, 0.3) is 0 Å². The SMILES string of the molecule is C=[PH+]C(=O)C/C=C/CC(c1ccccc1)(c1ccccc1)c1ccccc1. The molecule has 0 saturated heterocycles. The highest BCUT2D eigenvalue weighted by atomic mass is 31.1. The Morgan fingerprint density at radius 2 is 1.15 bits per heavy atom. The molecule has 3 aromatic rings. The highest BCUT2D eigenvalue weighted by Crippen LogP contribution is 2.42. The molecule has 0 saturated carbocycles. The Kier molecular flexibility index (Phi) is 6.52. The zero-order valence-corrected chi connectivity index (χ0v) is 16.3. The number of hydrogen-bond donors (Lipinski definition) is 0. The Labute approximate surface area is 163 Å². The van der Waals surface area contributed by atoms with E-state index >= 15 is 0 Å². The van der Waals surface area contributed by atoms with Crippen LogP contribution in [-0.2, 0) is 10.2 Å². The molecule has 1 atom stereocenters. The third-order valence-corrected chi connectivity index (χ3v) is 5.49. The third-order valence-electron chi connectivity index (χ3n) is 4.89. The maximum atomic E-state index is 11.6. The Hall–Kier alpha value is -2.76. The summed E-state index contributed by atoms with van der Waals surface area (Å²) >= 11 is 0. The molecule has 0 heterocycles. The van der Waals surface area contributed by atoms with Gasteiger partial charge in [0.25, 0.3) is 0 Å². The van der Waals surface area contributed by atoms with Gasteiger partial charge in [-0.05, 0) is 23.1 Å². The number of benzene rings is 3. The van der Waals surface area contributed by atoms with E-state index in [1.54, 1.807) is 0 Å². The molecule has 3 rings (SSSR count). The average Bonchev–Trinajstić information content (AvgIpc) is 2.75. The summed E-state index contributed by atoms with van der Waals surface area (Å²) in [5.41, 5.74) is 3.64. The van der Waals surface area contributed by atoms with Gasteiger partial charge in [0.05, 0.1) is 12.7 Å². The summed E-state index contributed by atoms with van der Waals surface area (Å²) in [5, 5.41) is 0. The van der Waals surface area contributed by atoms with Gasteiger partial charge in [0.2, 0.25) is 0 Å². The van der Waals surface area contributed by atoms with E-state index in [-0.39, 0.29) is 19.1 Å². The first-order chi connectivity index (χ1) is 13.3. The van der Waals surface area contributed by atoms with Crippen LogP contribution >= 0.6 is 8.20 Å². The van der Waals surface area contributed by atoms with Crippen molar-refractivity contribution in [3.8, 4) is 0 Å². The molecule has 2 heteroatoms. The molecular formula is C25H24OP+. The molecule has 1 nitrogen and oxygen atoms in total. The lowest BCUT2D eigenvalue weighted by Gasteiger charge is -2.35. The second-order valence-electron chi connectivity index (χ2n) is 6.48. The van der Waals surface area contributed by atoms with Gasteiger partial charge in [-0.25, -0.2) is 4.79 Å². The van der Waals surface area contributed by atoms with Gasteiger partial charge in [-0.1, -0.05) is 103 Å². The van der Waals surface area contributed by atoms with Crippen molar-refractivity contribution in [1.82, 2.24) is 0 Å². The second-order valence-corrected chi connectivity index (χ2v) is 7.39. The topological polar surface area (TPSA) is 17.1 Å². The lowest BCUT2D eigenvalue weighted by molar-refractivity contribution is -0.110. The Morgan fingerprint density at radius 3 is 1.52 bits per heavy atom. The van der Waals surface area contributed by atoms with Crippen LogP contribution in [0.15, 0.2) is 103 Å². The Morgan fingerprint density at radius 1 is 0.741 bits per heavy atom. The van der Waals surface area contributed by atoms with Gasteiger partial charge in [-0.15, -0.1) is 0 Å². The number of hydrogen-bond acceptors (Lipinski definition) is 1. The molecule has 0 N–H and O–H groups in total. The molecule has 0 aliphatic carbocycles. The van der Waals surface area contributed by atoms with Crippen LogP contribution in [0.3, 0.4) is 0 Å². The molecule has 27 heavy (non-hydrogen) atoms. The smallest absolute Gasteiger partial charge is 0.244 e. The first-order valence-electron chi connectivity index (χ1n) is 9.15. The van der Waals surface area contributed by atoms with E-state index in [0.29, 0.717) is 6.42 Å². The predicted molar refractivity (Wildman–Crippen MR) is 118 cm³/mol. The minimum atomic E-state index is -0.296. The van der Waals surface area contributed by atoms with E-state index in [1.165, 1.54) is 16.7 Å². The number of rotatable bonds is 8. The molecule has 3 aromatic carbocycles. The maximum Gasteiger partial charge on any atom is 0.323 e. The van der Waals surface area contributed by atoms with Crippen molar-refractivity contribution in [3.63, 3.8) is 0 Å². The van der Waals surface area contributed by atoms with Crippen molar-refractivity contribution in [2.45, 2.75) is 18.3 Å². The molecule has 0 bridgehead atoms. The van der Waals surface area contributed by atoms with Crippen LogP contribution in [0.4, 0.5) is 0 Å². The quantitative estimate of drug-likeness (QED) is 0.270. The summed E-state index contributed by atoms with van der Waals surface area (Å²) in [6.45, 7) is 0. The molecule has 134 valence electrons. The molecular weight excluding hydrogens is 347 g/mol. The first-order valence-corrected chi connectivity index (χ1v) is 10.4. The van der Waals surface area contributed by atoms with Gasteiger partial charge in [0.15, 0.2) is 0 Å². The van der Waals surface area contributed by atoms with Crippen LogP contribution in [0, 0.1) is 0 Å². The third kappa shape index (κ3) is 4.32. The van der Waals surface area contributed by atoms with Gasteiger partial charge in [0, 0.05) is 5.41 Å². The lowest BCUT2D eigenvalue weighted by Crippen LogP contribution is -2.28. The molecule has 0 fully saturated rings. The fourth-order valence-electron chi connectivity index (χ4n) is 3.54. The Balaban J connectivity index is 2.14. The summed E-state index contributed by atoms with van der Waals surface area (Å²) in [7, 11) is 0.108. The summed E-state index contributed by atoms with van der Waals surface area (Å²) in [5.74, 6) is 0. The minimum absolute atomic E-state index is 0.108. The summed E-state index contributed by atoms with van der Waals surface area (Å²) in [4.78, 5) is 11.6. The Bertz CT molecular complexity index is 802.